The Morgan fingerprint density at radius 1 is 1.35 bits per heavy atom. The van der Waals surface area contributed by atoms with Crippen molar-refractivity contribution >= 4 is 23.2 Å². The number of fused-ring (bicyclic) bond motifs is 4. The van der Waals surface area contributed by atoms with Crippen molar-refractivity contribution in [3.63, 3.8) is 0 Å². The van der Waals surface area contributed by atoms with Crippen molar-refractivity contribution in [3.05, 3.63) is 33.6 Å². The monoisotopic (exact) mass is 441 g/mol. The summed E-state index contributed by atoms with van der Waals surface area (Å²) in [7, 11) is 1.63. The number of rotatable bonds is 1. The first-order valence-corrected chi connectivity index (χ1v) is 10.5. The van der Waals surface area contributed by atoms with Crippen molar-refractivity contribution in [3.8, 4) is 28.8 Å². The number of carbonyl (C=O) groups is 2. The van der Waals surface area contributed by atoms with Crippen LogP contribution < -0.4 is 10.5 Å². The smallest absolute Gasteiger partial charge is 0.277 e. The van der Waals surface area contributed by atoms with Crippen LogP contribution in [0.3, 0.4) is 0 Å². The van der Waals surface area contributed by atoms with Gasteiger partial charge in [-0.25, -0.2) is 4.98 Å². The van der Waals surface area contributed by atoms with E-state index in [0.717, 1.165) is 11.3 Å². The number of likely N-dealkylation sites (N-methyl/N-ethyl adjacent to an activating group) is 1. The van der Waals surface area contributed by atoms with Crippen LogP contribution in [0.15, 0.2) is 18.2 Å². The van der Waals surface area contributed by atoms with E-state index in [1.807, 2.05) is 0 Å². The number of amides is 2. The molecule has 1 atom stereocenters. The molecule has 4 heterocycles. The predicted molar refractivity (Wildman–Crippen MR) is 109 cm³/mol. The Labute approximate surface area is 181 Å². The van der Waals surface area contributed by atoms with Gasteiger partial charge in [0.25, 0.3) is 11.8 Å². The highest BCUT2D eigenvalue weighted by molar-refractivity contribution is 7.14. The van der Waals surface area contributed by atoms with Gasteiger partial charge in [0, 0.05) is 31.1 Å². The molecule has 0 unspecified atom stereocenters. The Bertz CT molecular complexity index is 1160. The molecular formula is C21H19N3O6S. The van der Waals surface area contributed by atoms with Gasteiger partial charge in [0.1, 0.15) is 12.4 Å². The molecule has 0 aliphatic carbocycles. The molecule has 31 heavy (non-hydrogen) atoms. The minimum absolute atomic E-state index is 0.0962. The summed E-state index contributed by atoms with van der Waals surface area (Å²) in [4.78, 5) is 30.5. The third-order valence-electron chi connectivity index (χ3n) is 5.51. The maximum atomic E-state index is 12.2. The second kappa shape index (κ2) is 7.03. The summed E-state index contributed by atoms with van der Waals surface area (Å²) in [6.45, 7) is 1.32. The summed E-state index contributed by atoms with van der Waals surface area (Å²) in [5.74, 6) is 3.91. The Hall–Kier alpha value is -2.97. The molecule has 1 aromatic heterocycles. The van der Waals surface area contributed by atoms with E-state index in [2.05, 4.69) is 16.8 Å². The molecule has 3 aliphatic heterocycles. The number of primary amides is 1. The molecule has 2 fully saturated rings. The maximum absolute atomic E-state index is 12.2. The quantitative estimate of drug-likeness (QED) is 0.616. The highest BCUT2D eigenvalue weighted by atomic mass is 32.1. The number of aromatic nitrogens is 1. The van der Waals surface area contributed by atoms with Crippen LogP contribution >= 0.6 is 11.3 Å². The number of nitrogens with zero attached hydrogens (tertiary/aromatic N) is 2. The lowest BCUT2D eigenvalue weighted by Crippen LogP contribution is -2.37. The lowest BCUT2D eigenvalue weighted by atomic mass is 10.0. The first-order chi connectivity index (χ1) is 14.8. The summed E-state index contributed by atoms with van der Waals surface area (Å²) in [5.41, 5.74) is 5.41. The lowest BCUT2D eigenvalue weighted by Gasteiger charge is -2.24. The van der Waals surface area contributed by atoms with Crippen LogP contribution in [0.4, 0.5) is 0 Å². The number of hydrogen-bond acceptors (Lipinski definition) is 8. The minimum Gasteiger partial charge on any atom is -0.487 e. The standard InChI is InChI=1S/C21H19N3O6S/c1-24-7-6-20(27,19(24)26)5-4-12-2-3-14-13(10-12)15-16(31-18(23-15)17(22)25)21(11-28-14)29-8-9-30-21/h2-3,10,27H,6-9,11H2,1H3,(H2,22,25)/t20-/m0/s1. The van der Waals surface area contributed by atoms with Crippen molar-refractivity contribution in [2.24, 2.45) is 5.73 Å². The topological polar surface area (TPSA) is 124 Å². The van der Waals surface area contributed by atoms with E-state index < -0.39 is 23.2 Å². The SMILES string of the molecule is CN1CC[C@@](O)(C#Cc2ccc3c(c2)-c2nc(C(N)=O)sc2C2(CO3)OCCO2)C1=O. The second-order valence-corrected chi connectivity index (χ2v) is 8.60. The molecule has 0 radical (unpaired) electrons. The van der Waals surface area contributed by atoms with Crippen LogP contribution in [0.25, 0.3) is 11.3 Å². The van der Waals surface area contributed by atoms with Crippen LogP contribution in [0.5, 0.6) is 5.75 Å². The van der Waals surface area contributed by atoms with Crippen LogP contribution in [0.1, 0.15) is 26.7 Å². The number of thiazole rings is 1. The van der Waals surface area contributed by atoms with E-state index in [4.69, 9.17) is 19.9 Å². The molecule has 3 aliphatic rings. The van der Waals surface area contributed by atoms with E-state index >= 15 is 0 Å². The van der Waals surface area contributed by atoms with Crippen LogP contribution in [-0.4, -0.2) is 65.8 Å². The van der Waals surface area contributed by atoms with Gasteiger partial charge in [0.05, 0.1) is 23.8 Å². The number of likely N-dealkylation sites (tertiary alicyclic amines) is 1. The molecular weight excluding hydrogens is 422 g/mol. The first-order valence-electron chi connectivity index (χ1n) is 9.69. The van der Waals surface area contributed by atoms with E-state index in [0.29, 0.717) is 47.2 Å². The van der Waals surface area contributed by atoms with E-state index in [1.165, 1.54) is 4.90 Å². The normalized spacial score (nSPS) is 23.5. The van der Waals surface area contributed by atoms with Gasteiger partial charge < -0.3 is 30.0 Å². The molecule has 0 bridgehead atoms. The lowest BCUT2D eigenvalue weighted by molar-refractivity contribution is -0.182. The Morgan fingerprint density at radius 3 is 2.81 bits per heavy atom. The van der Waals surface area contributed by atoms with Gasteiger partial charge in [-0.2, -0.15) is 0 Å². The zero-order valence-corrected chi connectivity index (χ0v) is 17.5. The van der Waals surface area contributed by atoms with Crippen LogP contribution in [-0.2, 0) is 20.1 Å². The van der Waals surface area contributed by atoms with Gasteiger partial charge in [0.15, 0.2) is 5.01 Å². The fourth-order valence-corrected chi connectivity index (χ4v) is 4.85. The highest BCUT2D eigenvalue weighted by Gasteiger charge is 2.47. The van der Waals surface area contributed by atoms with Gasteiger partial charge in [-0.05, 0) is 18.2 Å². The fourth-order valence-electron chi connectivity index (χ4n) is 3.84. The van der Waals surface area contributed by atoms with Gasteiger partial charge in [-0.3, -0.25) is 9.59 Å². The molecule has 0 saturated carbocycles. The number of aliphatic hydroxyl groups is 1. The molecule has 1 aromatic carbocycles. The second-order valence-electron chi connectivity index (χ2n) is 7.60. The molecule has 2 saturated heterocycles. The molecule has 10 heteroatoms. The first kappa shape index (κ1) is 20.0. The van der Waals surface area contributed by atoms with E-state index in [-0.39, 0.29) is 18.0 Å². The Morgan fingerprint density at radius 2 is 2.13 bits per heavy atom. The van der Waals surface area contributed by atoms with Gasteiger partial charge >= 0.3 is 0 Å². The highest BCUT2D eigenvalue weighted by Crippen LogP contribution is 2.47. The molecule has 2 aromatic rings. The van der Waals surface area contributed by atoms with Crippen LogP contribution in [0, 0.1) is 11.8 Å². The van der Waals surface area contributed by atoms with Gasteiger partial charge in [0.2, 0.25) is 11.4 Å². The van der Waals surface area contributed by atoms with E-state index in [9.17, 15) is 14.7 Å². The number of carbonyl (C=O) groups excluding carboxylic acids is 2. The third-order valence-corrected chi connectivity index (χ3v) is 6.71. The number of ether oxygens (including phenoxy) is 3. The number of nitrogens with two attached hydrogens (primary N) is 1. The Kier molecular flexibility index (Phi) is 4.53. The summed E-state index contributed by atoms with van der Waals surface area (Å²) in [6, 6.07) is 5.20. The largest absolute Gasteiger partial charge is 0.487 e. The summed E-state index contributed by atoms with van der Waals surface area (Å²) in [6.07, 6.45) is 0.249. The van der Waals surface area contributed by atoms with Crippen molar-refractivity contribution in [1.82, 2.24) is 9.88 Å². The molecule has 1 spiro atoms. The molecule has 9 nitrogen and oxygen atoms in total. The van der Waals surface area contributed by atoms with Crippen molar-refractivity contribution < 1.29 is 28.9 Å². The molecule has 2 amide bonds. The summed E-state index contributed by atoms with van der Waals surface area (Å²) < 4.78 is 17.7. The summed E-state index contributed by atoms with van der Waals surface area (Å²) in [5, 5.41) is 10.7. The average molecular weight is 441 g/mol. The third kappa shape index (κ3) is 3.18. The number of hydrogen-bond donors (Lipinski definition) is 2. The van der Waals surface area contributed by atoms with Crippen LogP contribution in [0.2, 0.25) is 0 Å². The average Bonchev–Trinajstić information content (AvgIpc) is 3.45. The van der Waals surface area contributed by atoms with Gasteiger partial charge in [-0.1, -0.05) is 11.8 Å². The molecule has 3 N–H and O–H groups in total. The maximum Gasteiger partial charge on any atom is 0.277 e. The molecule has 5 rings (SSSR count). The van der Waals surface area contributed by atoms with E-state index in [1.54, 1.807) is 25.2 Å². The fraction of sp³-hybridized carbons (Fsp3) is 0.381. The predicted octanol–water partition coefficient (Wildman–Crippen LogP) is 0.446. The van der Waals surface area contributed by atoms with Gasteiger partial charge in [-0.15, -0.1) is 11.3 Å². The zero-order chi connectivity index (χ0) is 21.8. The van der Waals surface area contributed by atoms with Crippen molar-refractivity contribution in [2.75, 3.05) is 33.4 Å². The number of benzene rings is 1. The summed E-state index contributed by atoms with van der Waals surface area (Å²) >= 11 is 1.11. The van der Waals surface area contributed by atoms with Crippen molar-refractivity contribution in [1.29, 1.82) is 0 Å². The Balaban J connectivity index is 1.59. The zero-order valence-electron chi connectivity index (χ0n) is 16.6. The minimum atomic E-state index is -1.70. The molecule has 160 valence electrons. The van der Waals surface area contributed by atoms with Crippen molar-refractivity contribution in [2.45, 2.75) is 17.8 Å².